The van der Waals surface area contributed by atoms with E-state index in [1.807, 2.05) is 0 Å². The molecule has 3 heteroatoms. The van der Waals surface area contributed by atoms with Crippen LogP contribution in [0.5, 0.6) is 0 Å². The highest BCUT2D eigenvalue weighted by Crippen LogP contribution is 2.64. The summed E-state index contributed by atoms with van der Waals surface area (Å²) in [5.41, 5.74) is 2.92. The Labute approximate surface area is 110 Å². The van der Waals surface area contributed by atoms with Crippen molar-refractivity contribution in [1.82, 2.24) is 9.78 Å². The van der Waals surface area contributed by atoms with Crippen LogP contribution in [0.3, 0.4) is 0 Å². The number of fused-ring (bicyclic) bond motifs is 1. The molecule has 0 radical (unpaired) electrons. The lowest BCUT2D eigenvalue weighted by Gasteiger charge is -2.12. The molecule has 3 rings (SSSR count). The van der Waals surface area contributed by atoms with Gasteiger partial charge in [-0.05, 0) is 67.2 Å². The van der Waals surface area contributed by atoms with Gasteiger partial charge in [0.25, 0.3) is 0 Å². The van der Waals surface area contributed by atoms with Crippen molar-refractivity contribution in [2.75, 3.05) is 0 Å². The molecular formula is C13H17IN2. The predicted molar refractivity (Wildman–Crippen MR) is 73.4 cm³/mol. The first-order valence-electron chi connectivity index (χ1n) is 5.99. The topological polar surface area (TPSA) is 17.8 Å². The van der Waals surface area contributed by atoms with Crippen molar-refractivity contribution in [3.63, 3.8) is 0 Å². The minimum Gasteiger partial charge on any atom is -0.266 e. The molecule has 1 aromatic rings. The minimum atomic E-state index is 0.475. The standard InChI is InChI=1S/C13H17IN2/c1-7(2)16-11(6-12(14)15-16)13-9-4-8(3)5-10(9)13/h6-7,9-10,13H,3-5H2,1-2H3. The maximum atomic E-state index is 4.60. The fourth-order valence-corrected chi connectivity index (χ4v) is 3.78. The maximum absolute atomic E-state index is 4.60. The molecule has 86 valence electrons. The molecular weight excluding hydrogens is 311 g/mol. The van der Waals surface area contributed by atoms with Crippen LogP contribution in [0.4, 0.5) is 0 Å². The minimum absolute atomic E-state index is 0.475. The van der Waals surface area contributed by atoms with Crippen LogP contribution in [-0.4, -0.2) is 9.78 Å². The van der Waals surface area contributed by atoms with Gasteiger partial charge in [-0.15, -0.1) is 0 Å². The van der Waals surface area contributed by atoms with Crippen LogP contribution in [0.25, 0.3) is 0 Å². The molecule has 0 spiro atoms. The summed E-state index contributed by atoms with van der Waals surface area (Å²) in [6.45, 7) is 8.53. The molecule has 0 amide bonds. The molecule has 0 aliphatic heterocycles. The van der Waals surface area contributed by atoms with E-state index in [2.05, 4.69) is 58.9 Å². The van der Waals surface area contributed by atoms with Crippen LogP contribution in [0.15, 0.2) is 18.2 Å². The van der Waals surface area contributed by atoms with Crippen molar-refractivity contribution in [2.45, 2.75) is 38.6 Å². The average Bonchev–Trinajstić information content (AvgIpc) is 2.60. The highest BCUT2D eigenvalue weighted by Gasteiger charge is 2.55. The number of nitrogens with zero attached hydrogens (tertiary/aromatic N) is 2. The summed E-state index contributed by atoms with van der Waals surface area (Å²) in [6.07, 6.45) is 2.49. The van der Waals surface area contributed by atoms with Crippen molar-refractivity contribution in [1.29, 1.82) is 0 Å². The lowest BCUT2D eigenvalue weighted by molar-refractivity contribution is 0.499. The Balaban J connectivity index is 1.89. The Morgan fingerprint density at radius 1 is 1.44 bits per heavy atom. The van der Waals surface area contributed by atoms with E-state index in [9.17, 15) is 0 Å². The molecule has 2 aliphatic carbocycles. The zero-order valence-corrected chi connectivity index (χ0v) is 11.9. The molecule has 1 aromatic heterocycles. The Kier molecular flexibility index (Phi) is 2.42. The molecule has 0 saturated heterocycles. The third-order valence-corrected chi connectivity index (χ3v) is 4.47. The second-order valence-corrected chi connectivity index (χ2v) is 6.55. The van der Waals surface area contributed by atoms with Gasteiger partial charge in [-0.2, -0.15) is 5.10 Å². The first kappa shape index (κ1) is 10.8. The summed E-state index contributed by atoms with van der Waals surface area (Å²) < 4.78 is 3.35. The van der Waals surface area contributed by atoms with Gasteiger partial charge in [0.1, 0.15) is 3.70 Å². The Hall–Kier alpha value is -0.320. The third-order valence-electron chi connectivity index (χ3n) is 3.95. The summed E-state index contributed by atoms with van der Waals surface area (Å²) in [4.78, 5) is 0. The lowest BCUT2D eigenvalue weighted by atomic mass is 10.1. The zero-order chi connectivity index (χ0) is 11.4. The molecule has 0 N–H and O–H groups in total. The van der Waals surface area contributed by atoms with Gasteiger partial charge < -0.3 is 0 Å². The van der Waals surface area contributed by atoms with Gasteiger partial charge in [-0.25, -0.2) is 0 Å². The van der Waals surface area contributed by atoms with Gasteiger partial charge in [0.2, 0.25) is 0 Å². The van der Waals surface area contributed by atoms with Crippen LogP contribution in [0.1, 0.15) is 44.3 Å². The van der Waals surface area contributed by atoms with Gasteiger partial charge >= 0.3 is 0 Å². The summed E-state index contributed by atoms with van der Waals surface area (Å²) in [6, 6.07) is 2.75. The zero-order valence-electron chi connectivity index (χ0n) is 9.78. The fourth-order valence-electron chi connectivity index (χ4n) is 3.23. The molecule has 0 bridgehead atoms. The van der Waals surface area contributed by atoms with Crippen LogP contribution >= 0.6 is 22.6 Å². The van der Waals surface area contributed by atoms with Crippen molar-refractivity contribution < 1.29 is 0 Å². The fraction of sp³-hybridized carbons (Fsp3) is 0.615. The van der Waals surface area contributed by atoms with E-state index in [0.717, 1.165) is 21.5 Å². The molecule has 2 unspecified atom stereocenters. The smallest absolute Gasteiger partial charge is 0.123 e. The third kappa shape index (κ3) is 1.55. The highest BCUT2D eigenvalue weighted by molar-refractivity contribution is 14.1. The molecule has 2 fully saturated rings. The molecule has 2 saturated carbocycles. The quantitative estimate of drug-likeness (QED) is 0.597. The summed E-state index contributed by atoms with van der Waals surface area (Å²) in [7, 11) is 0. The summed E-state index contributed by atoms with van der Waals surface area (Å²) in [5, 5.41) is 4.60. The van der Waals surface area contributed by atoms with Crippen molar-refractivity contribution in [2.24, 2.45) is 11.8 Å². The van der Waals surface area contributed by atoms with Crippen LogP contribution in [-0.2, 0) is 0 Å². The van der Waals surface area contributed by atoms with Gasteiger partial charge in [0.15, 0.2) is 0 Å². The summed E-state index contributed by atoms with van der Waals surface area (Å²) in [5.74, 6) is 2.51. The van der Waals surface area contributed by atoms with Crippen molar-refractivity contribution in [3.05, 3.63) is 27.6 Å². The Bertz CT molecular complexity index is 433. The van der Waals surface area contributed by atoms with E-state index < -0.39 is 0 Å². The number of hydrogen-bond donors (Lipinski definition) is 0. The second kappa shape index (κ2) is 3.59. The van der Waals surface area contributed by atoms with Gasteiger partial charge in [-0.3, -0.25) is 4.68 Å². The van der Waals surface area contributed by atoms with E-state index in [-0.39, 0.29) is 0 Å². The van der Waals surface area contributed by atoms with Crippen LogP contribution in [0.2, 0.25) is 0 Å². The molecule has 1 heterocycles. The number of rotatable bonds is 2. The predicted octanol–water partition coefficient (Wildman–Crippen LogP) is 3.75. The van der Waals surface area contributed by atoms with Crippen molar-refractivity contribution >= 4 is 22.6 Å². The van der Waals surface area contributed by atoms with Gasteiger partial charge in [0.05, 0.1) is 0 Å². The van der Waals surface area contributed by atoms with Crippen molar-refractivity contribution in [3.8, 4) is 0 Å². The van der Waals surface area contributed by atoms with E-state index >= 15 is 0 Å². The Morgan fingerprint density at radius 3 is 2.62 bits per heavy atom. The number of halogens is 1. The van der Waals surface area contributed by atoms with E-state index in [1.54, 1.807) is 0 Å². The number of hydrogen-bond acceptors (Lipinski definition) is 1. The first-order valence-corrected chi connectivity index (χ1v) is 7.07. The normalized spacial score (nSPS) is 32.2. The molecule has 2 atom stereocenters. The molecule has 2 nitrogen and oxygen atoms in total. The largest absolute Gasteiger partial charge is 0.266 e. The monoisotopic (exact) mass is 328 g/mol. The highest BCUT2D eigenvalue weighted by atomic mass is 127. The van der Waals surface area contributed by atoms with E-state index in [1.165, 1.54) is 24.1 Å². The maximum Gasteiger partial charge on any atom is 0.123 e. The van der Waals surface area contributed by atoms with Gasteiger partial charge in [-0.1, -0.05) is 12.2 Å². The molecule has 0 aromatic carbocycles. The van der Waals surface area contributed by atoms with Crippen LogP contribution < -0.4 is 0 Å². The van der Waals surface area contributed by atoms with E-state index in [4.69, 9.17) is 0 Å². The van der Waals surface area contributed by atoms with E-state index in [0.29, 0.717) is 6.04 Å². The average molecular weight is 328 g/mol. The lowest BCUT2D eigenvalue weighted by Crippen LogP contribution is -2.08. The SMILES string of the molecule is C=C1CC2C(C1)C2c1cc(I)nn1C(C)C. The number of aromatic nitrogens is 2. The van der Waals surface area contributed by atoms with Gasteiger partial charge in [0, 0.05) is 17.7 Å². The number of allylic oxidation sites excluding steroid dienone is 1. The molecule has 2 aliphatic rings. The van der Waals surface area contributed by atoms with Crippen LogP contribution in [0, 0.1) is 15.5 Å². The Morgan fingerprint density at radius 2 is 2.06 bits per heavy atom. The molecule has 16 heavy (non-hydrogen) atoms. The second-order valence-electron chi connectivity index (χ2n) is 5.44. The summed E-state index contributed by atoms with van der Waals surface area (Å²) >= 11 is 2.32. The first-order chi connectivity index (χ1) is 7.58.